The van der Waals surface area contributed by atoms with E-state index in [9.17, 15) is 14.0 Å². The number of nitrogens with one attached hydrogen (secondary N) is 3. The molecule has 2 heterocycles. The number of rotatable bonds is 10. The van der Waals surface area contributed by atoms with Crippen LogP contribution in [0.5, 0.6) is 0 Å². The Bertz CT molecular complexity index is 1790. The first-order valence-corrected chi connectivity index (χ1v) is 14.3. The number of hydrogen-bond donors (Lipinski definition) is 3. The lowest BCUT2D eigenvalue weighted by molar-refractivity contribution is -0.120. The number of fused-ring (bicyclic) bond motifs is 2. The molecule has 0 aliphatic heterocycles. The molecule has 2 aromatic heterocycles. The lowest BCUT2D eigenvalue weighted by Gasteiger charge is -2.15. The molecule has 3 aromatic carbocycles. The first-order chi connectivity index (χ1) is 20.2. The molecule has 216 valence electrons. The van der Waals surface area contributed by atoms with E-state index >= 15 is 0 Å². The summed E-state index contributed by atoms with van der Waals surface area (Å²) >= 11 is 0. The molecule has 0 bridgehead atoms. The quantitative estimate of drug-likeness (QED) is 0.186. The zero-order valence-electron chi connectivity index (χ0n) is 24.5. The van der Waals surface area contributed by atoms with Crippen molar-refractivity contribution in [3.05, 3.63) is 112 Å². The van der Waals surface area contributed by atoms with Gasteiger partial charge >= 0.3 is 0 Å². The van der Waals surface area contributed by atoms with Gasteiger partial charge in [0.2, 0.25) is 5.91 Å². The number of halogens is 1. The molecule has 0 aliphatic rings. The van der Waals surface area contributed by atoms with E-state index in [1.54, 1.807) is 24.4 Å². The van der Waals surface area contributed by atoms with Crippen LogP contribution in [0.25, 0.3) is 16.4 Å². The van der Waals surface area contributed by atoms with Crippen LogP contribution in [0.3, 0.4) is 0 Å². The number of nitrogens with zero attached hydrogens (tertiary/aromatic N) is 2. The van der Waals surface area contributed by atoms with Crippen molar-refractivity contribution in [3.63, 3.8) is 0 Å². The number of aryl methyl sites for hydroxylation is 4. The minimum absolute atomic E-state index is 0.0967. The number of carbonyl (C=O) groups is 2. The normalized spacial score (nSPS) is 11.2. The predicted molar refractivity (Wildman–Crippen MR) is 166 cm³/mol. The standard InChI is InChI=1S/C34H36FN5O2/c1-5-24-16-28(35)15-21(2)30(24)19-38-31-17-27(20-40-23(4)22(3)39-33(31)40)34(42)37-14-13-36-32(41)18-26-11-8-10-25-9-6-7-12-29(25)26/h6-12,15-17,20,38H,5,13-14,18-19H2,1-4H3,(H,36,41)(H,37,42). The highest BCUT2D eigenvalue weighted by Gasteiger charge is 2.16. The van der Waals surface area contributed by atoms with Crippen LogP contribution in [0.15, 0.2) is 66.9 Å². The van der Waals surface area contributed by atoms with E-state index in [2.05, 4.69) is 16.0 Å². The van der Waals surface area contributed by atoms with Crippen LogP contribution < -0.4 is 16.0 Å². The average Bonchev–Trinajstić information content (AvgIpc) is 3.27. The molecular weight excluding hydrogens is 529 g/mol. The highest BCUT2D eigenvalue weighted by atomic mass is 19.1. The third-order valence-electron chi connectivity index (χ3n) is 7.79. The maximum absolute atomic E-state index is 14.0. The molecule has 3 N–H and O–H groups in total. The maximum atomic E-state index is 14.0. The topological polar surface area (TPSA) is 87.5 Å². The molecule has 0 radical (unpaired) electrons. The summed E-state index contributed by atoms with van der Waals surface area (Å²) in [6, 6.07) is 18.9. The first-order valence-electron chi connectivity index (χ1n) is 14.3. The molecule has 0 aliphatic carbocycles. The Balaban J connectivity index is 1.25. The van der Waals surface area contributed by atoms with Crippen molar-refractivity contribution in [2.75, 3.05) is 18.4 Å². The Morgan fingerprint density at radius 2 is 1.69 bits per heavy atom. The summed E-state index contributed by atoms with van der Waals surface area (Å²) in [5, 5.41) is 11.4. The van der Waals surface area contributed by atoms with Crippen molar-refractivity contribution in [3.8, 4) is 0 Å². The largest absolute Gasteiger partial charge is 0.378 e. The SMILES string of the molecule is CCc1cc(F)cc(C)c1CNc1cc(C(=O)NCCNC(=O)Cc2cccc3ccccc23)cn2c(C)c(C)nc12. The third-order valence-corrected chi connectivity index (χ3v) is 7.79. The highest BCUT2D eigenvalue weighted by molar-refractivity contribution is 5.96. The van der Waals surface area contributed by atoms with E-state index in [0.29, 0.717) is 30.8 Å². The van der Waals surface area contributed by atoms with Crippen molar-refractivity contribution >= 4 is 33.9 Å². The molecular formula is C34H36FN5O2. The average molecular weight is 566 g/mol. The third kappa shape index (κ3) is 6.12. The van der Waals surface area contributed by atoms with Gasteiger partial charge in [0.25, 0.3) is 5.91 Å². The van der Waals surface area contributed by atoms with Gasteiger partial charge in [0, 0.05) is 31.5 Å². The van der Waals surface area contributed by atoms with Gasteiger partial charge in [0.1, 0.15) is 5.82 Å². The Morgan fingerprint density at radius 1 is 0.929 bits per heavy atom. The van der Waals surface area contributed by atoms with Gasteiger partial charge in [-0.2, -0.15) is 0 Å². The fourth-order valence-corrected chi connectivity index (χ4v) is 5.38. The molecule has 0 unspecified atom stereocenters. The van der Waals surface area contributed by atoms with Crippen LogP contribution in [-0.4, -0.2) is 34.3 Å². The summed E-state index contributed by atoms with van der Waals surface area (Å²) < 4.78 is 15.9. The van der Waals surface area contributed by atoms with Crippen molar-refractivity contribution in [1.82, 2.24) is 20.0 Å². The number of aromatic nitrogens is 2. The van der Waals surface area contributed by atoms with Crippen LogP contribution in [0.2, 0.25) is 0 Å². The van der Waals surface area contributed by atoms with Crippen LogP contribution in [-0.2, 0) is 24.2 Å². The van der Waals surface area contributed by atoms with E-state index in [-0.39, 0.29) is 30.6 Å². The van der Waals surface area contributed by atoms with E-state index in [0.717, 1.165) is 50.1 Å². The van der Waals surface area contributed by atoms with Gasteiger partial charge in [-0.1, -0.05) is 49.4 Å². The number of carbonyl (C=O) groups excluding carboxylic acids is 2. The molecule has 8 heteroatoms. The maximum Gasteiger partial charge on any atom is 0.252 e. The molecule has 7 nitrogen and oxygen atoms in total. The van der Waals surface area contributed by atoms with Crippen molar-refractivity contribution in [2.45, 2.75) is 47.1 Å². The minimum Gasteiger partial charge on any atom is -0.378 e. The van der Waals surface area contributed by atoms with E-state index in [1.807, 2.05) is 74.6 Å². The number of imidazole rings is 1. The summed E-state index contributed by atoms with van der Waals surface area (Å²) in [4.78, 5) is 30.5. The van der Waals surface area contributed by atoms with Crippen LogP contribution in [0.1, 0.15) is 50.9 Å². The highest BCUT2D eigenvalue weighted by Crippen LogP contribution is 2.25. The number of amides is 2. The molecule has 0 saturated heterocycles. The minimum atomic E-state index is -0.249. The summed E-state index contributed by atoms with van der Waals surface area (Å²) in [6.45, 7) is 8.89. The second-order valence-electron chi connectivity index (χ2n) is 10.6. The Labute approximate surface area is 245 Å². The molecule has 2 amide bonds. The van der Waals surface area contributed by atoms with E-state index < -0.39 is 0 Å². The lowest BCUT2D eigenvalue weighted by Crippen LogP contribution is -2.35. The number of hydrogen-bond acceptors (Lipinski definition) is 4. The summed E-state index contributed by atoms with van der Waals surface area (Å²) in [5.74, 6) is -0.583. The molecule has 0 saturated carbocycles. The zero-order valence-corrected chi connectivity index (χ0v) is 24.5. The van der Waals surface area contributed by atoms with Crippen molar-refractivity contribution in [1.29, 1.82) is 0 Å². The molecule has 42 heavy (non-hydrogen) atoms. The molecule has 0 spiro atoms. The summed E-state index contributed by atoms with van der Waals surface area (Å²) in [5.41, 5.74) is 7.55. The van der Waals surface area contributed by atoms with Gasteiger partial charge < -0.3 is 20.4 Å². The fourth-order valence-electron chi connectivity index (χ4n) is 5.38. The fraction of sp³-hybridized carbons (Fsp3) is 0.265. The Morgan fingerprint density at radius 3 is 2.50 bits per heavy atom. The van der Waals surface area contributed by atoms with Crippen molar-refractivity contribution in [2.24, 2.45) is 0 Å². The van der Waals surface area contributed by atoms with Gasteiger partial charge in [0.15, 0.2) is 5.65 Å². The van der Waals surface area contributed by atoms with E-state index in [4.69, 9.17) is 4.98 Å². The second kappa shape index (κ2) is 12.4. The summed E-state index contributed by atoms with van der Waals surface area (Å²) in [6.07, 6.45) is 2.77. The second-order valence-corrected chi connectivity index (χ2v) is 10.6. The first kappa shape index (κ1) is 28.8. The smallest absolute Gasteiger partial charge is 0.252 e. The predicted octanol–water partition coefficient (Wildman–Crippen LogP) is 5.82. The number of pyridine rings is 1. The molecule has 0 fully saturated rings. The molecule has 5 rings (SSSR count). The van der Waals surface area contributed by atoms with E-state index in [1.165, 1.54) is 0 Å². The van der Waals surface area contributed by atoms with Gasteiger partial charge in [-0.3, -0.25) is 9.59 Å². The Hall–Kier alpha value is -4.72. The van der Waals surface area contributed by atoms with Gasteiger partial charge in [0.05, 0.1) is 23.4 Å². The van der Waals surface area contributed by atoms with Crippen LogP contribution >= 0.6 is 0 Å². The number of benzene rings is 3. The van der Waals surface area contributed by atoms with Crippen molar-refractivity contribution < 1.29 is 14.0 Å². The van der Waals surface area contributed by atoms with Crippen LogP contribution in [0, 0.1) is 26.6 Å². The van der Waals surface area contributed by atoms with Gasteiger partial charge in [-0.05, 0) is 78.4 Å². The van der Waals surface area contributed by atoms with Crippen LogP contribution in [0.4, 0.5) is 10.1 Å². The Kier molecular flexibility index (Phi) is 8.52. The van der Waals surface area contributed by atoms with Gasteiger partial charge in [-0.15, -0.1) is 0 Å². The monoisotopic (exact) mass is 565 g/mol. The lowest BCUT2D eigenvalue weighted by atomic mass is 9.99. The number of anilines is 1. The zero-order chi connectivity index (χ0) is 29.8. The molecule has 0 atom stereocenters. The summed E-state index contributed by atoms with van der Waals surface area (Å²) in [7, 11) is 0. The van der Waals surface area contributed by atoms with Gasteiger partial charge in [-0.25, -0.2) is 9.37 Å². The molecule has 5 aromatic rings.